The highest BCUT2D eigenvalue weighted by Gasteiger charge is 2.55. The van der Waals surface area contributed by atoms with Gasteiger partial charge in [-0.25, -0.2) is 9.59 Å². The normalized spacial score (nSPS) is 24.6. The third-order valence-corrected chi connectivity index (χ3v) is 9.59. The minimum Gasteiger partial charge on any atom is -0.508 e. The minimum atomic E-state index is -2.40. The van der Waals surface area contributed by atoms with E-state index in [-0.39, 0.29) is 30.5 Å². The zero-order valence-electron chi connectivity index (χ0n) is 28.9. The third kappa shape index (κ3) is 10.4. The number of ether oxygens (including phenoxy) is 2. The maximum absolute atomic E-state index is 13.6. The Labute approximate surface area is 292 Å². The maximum atomic E-state index is 13.6. The van der Waals surface area contributed by atoms with Gasteiger partial charge in [0.15, 0.2) is 5.60 Å². The molecule has 0 radical (unpaired) electrons. The summed E-state index contributed by atoms with van der Waals surface area (Å²) in [7, 11) is -1.65. The number of amides is 2. The molecule has 2 unspecified atom stereocenters. The number of rotatable bonds is 13. The standard InChI is InChI=1S/C34H47BN4O11/c1-23-21-39(15-16-47-23)33(2,3)13-12-25(20-36)30(43)38-14-8-7-11-26(22-38)48-32(46)37-27(17-24-9-5-4-6-10-24)35-49-29(42)19-34(50-35,31(44)45)18-28(40)41/h4-6,9-10,23,25-27H,7-8,11-19,21-22H2,1-3H3,(H,37,46)(H,40,41)(H,44,45)/t23-,25?,26-,27+,34?/m1/s1. The van der Waals surface area contributed by atoms with E-state index in [1.54, 1.807) is 35.2 Å². The number of nitrogens with one attached hydrogen (secondary N) is 1. The second kappa shape index (κ2) is 17.1. The molecule has 1 aromatic rings. The summed E-state index contributed by atoms with van der Waals surface area (Å²) in [5.41, 5.74) is -1.95. The minimum absolute atomic E-state index is 0.0233. The number of hydrogen-bond acceptors (Lipinski definition) is 11. The van der Waals surface area contributed by atoms with Crippen LogP contribution in [0.2, 0.25) is 0 Å². The Morgan fingerprint density at radius 3 is 2.56 bits per heavy atom. The van der Waals surface area contributed by atoms with Gasteiger partial charge >= 0.3 is 25.2 Å². The van der Waals surface area contributed by atoms with Crippen molar-refractivity contribution in [2.75, 3.05) is 32.8 Å². The lowest BCUT2D eigenvalue weighted by molar-refractivity contribution is -0.175. The zero-order valence-corrected chi connectivity index (χ0v) is 28.9. The molecule has 1 aromatic carbocycles. The predicted octanol–water partition coefficient (Wildman–Crippen LogP) is 2.41. The molecule has 0 aromatic heterocycles. The Morgan fingerprint density at radius 1 is 1.16 bits per heavy atom. The van der Waals surface area contributed by atoms with Crippen LogP contribution in [0.25, 0.3) is 0 Å². The molecular formula is C34H47BN4O11. The van der Waals surface area contributed by atoms with Crippen molar-refractivity contribution >= 4 is 37.0 Å². The maximum Gasteiger partial charge on any atom is 0.552 e. The number of carboxylic acid groups (broad SMARTS) is 2. The Balaban J connectivity index is 1.42. The second-order valence-corrected chi connectivity index (χ2v) is 13.9. The lowest BCUT2D eigenvalue weighted by Gasteiger charge is -2.43. The predicted molar refractivity (Wildman–Crippen MR) is 177 cm³/mol. The van der Waals surface area contributed by atoms with Crippen LogP contribution in [0.1, 0.15) is 71.3 Å². The molecule has 16 heteroatoms. The molecule has 3 aliphatic rings. The van der Waals surface area contributed by atoms with E-state index in [0.717, 1.165) is 13.1 Å². The molecule has 50 heavy (non-hydrogen) atoms. The highest BCUT2D eigenvalue weighted by atomic mass is 16.7. The van der Waals surface area contributed by atoms with Gasteiger partial charge in [0.05, 0.1) is 44.1 Å². The van der Waals surface area contributed by atoms with Gasteiger partial charge in [-0.3, -0.25) is 19.3 Å². The van der Waals surface area contributed by atoms with Crippen LogP contribution in [-0.4, -0.2) is 119 Å². The number of morpholine rings is 1. The summed E-state index contributed by atoms with van der Waals surface area (Å²) in [6.07, 6.45) is -0.563. The Bertz CT molecular complexity index is 1420. The van der Waals surface area contributed by atoms with Gasteiger partial charge in [-0.15, -0.1) is 0 Å². The average Bonchev–Trinajstić information content (AvgIpc) is 3.30. The van der Waals surface area contributed by atoms with Crippen molar-refractivity contribution in [3.8, 4) is 6.07 Å². The molecule has 0 spiro atoms. The van der Waals surface area contributed by atoms with Crippen LogP contribution in [0.15, 0.2) is 30.3 Å². The number of carbonyl (C=O) groups is 5. The van der Waals surface area contributed by atoms with Gasteiger partial charge in [-0.2, -0.15) is 5.26 Å². The summed E-state index contributed by atoms with van der Waals surface area (Å²) in [6.45, 7) is 8.91. The quantitative estimate of drug-likeness (QED) is 0.254. The largest absolute Gasteiger partial charge is 0.552 e. The van der Waals surface area contributed by atoms with E-state index in [1.165, 1.54) is 0 Å². The van der Waals surface area contributed by atoms with E-state index >= 15 is 0 Å². The first-order valence-electron chi connectivity index (χ1n) is 17.1. The van der Waals surface area contributed by atoms with E-state index in [2.05, 4.69) is 30.1 Å². The smallest absolute Gasteiger partial charge is 0.508 e. The molecule has 3 fully saturated rings. The molecule has 4 rings (SSSR count). The molecule has 3 aliphatic heterocycles. The summed E-state index contributed by atoms with van der Waals surface area (Å²) in [5, 5.41) is 31.9. The first kappa shape index (κ1) is 38.6. The number of carboxylic acids is 2. The van der Waals surface area contributed by atoms with Crippen molar-refractivity contribution in [1.82, 2.24) is 15.1 Å². The van der Waals surface area contributed by atoms with Gasteiger partial charge in [0.2, 0.25) is 5.91 Å². The molecule has 0 saturated carbocycles. The zero-order chi connectivity index (χ0) is 36.5. The van der Waals surface area contributed by atoms with Crippen LogP contribution in [0.5, 0.6) is 0 Å². The van der Waals surface area contributed by atoms with Gasteiger partial charge in [0.1, 0.15) is 12.0 Å². The summed E-state index contributed by atoms with van der Waals surface area (Å²) in [4.78, 5) is 67.2. The Kier molecular flexibility index (Phi) is 13.2. The van der Waals surface area contributed by atoms with Crippen LogP contribution < -0.4 is 5.32 Å². The van der Waals surface area contributed by atoms with Crippen molar-refractivity contribution in [1.29, 1.82) is 5.26 Å². The third-order valence-electron chi connectivity index (χ3n) is 9.59. The number of alkyl carbamates (subject to hydrolysis) is 1. The van der Waals surface area contributed by atoms with E-state index in [1.807, 2.05) is 6.92 Å². The number of carbonyl (C=O) groups excluding carboxylic acids is 3. The van der Waals surface area contributed by atoms with Crippen LogP contribution in [0, 0.1) is 17.2 Å². The fourth-order valence-corrected chi connectivity index (χ4v) is 6.71. The highest BCUT2D eigenvalue weighted by molar-refractivity contribution is 6.50. The van der Waals surface area contributed by atoms with Crippen LogP contribution in [0.4, 0.5) is 4.79 Å². The topological polar surface area (TPSA) is 205 Å². The van der Waals surface area contributed by atoms with Crippen LogP contribution >= 0.6 is 0 Å². The second-order valence-electron chi connectivity index (χ2n) is 13.9. The molecule has 5 atom stereocenters. The van der Waals surface area contributed by atoms with Gasteiger partial charge in [0.25, 0.3) is 5.97 Å². The summed E-state index contributed by atoms with van der Waals surface area (Å²) in [5.74, 6) is -6.48. The molecule has 272 valence electrons. The first-order valence-corrected chi connectivity index (χ1v) is 17.1. The number of benzene rings is 1. The fraction of sp³-hybridized carbons (Fsp3) is 0.647. The van der Waals surface area contributed by atoms with Crippen molar-refractivity contribution in [3.63, 3.8) is 0 Å². The van der Waals surface area contributed by atoms with Crippen molar-refractivity contribution in [2.24, 2.45) is 5.92 Å². The lowest BCUT2D eigenvalue weighted by Crippen LogP contribution is -2.61. The molecule has 3 N–H and O–H groups in total. The van der Waals surface area contributed by atoms with E-state index < -0.39 is 67.5 Å². The number of nitrogens with zero attached hydrogens (tertiary/aromatic N) is 3. The van der Waals surface area contributed by atoms with Crippen LogP contribution in [0.3, 0.4) is 0 Å². The highest BCUT2D eigenvalue weighted by Crippen LogP contribution is 2.30. The summed E-state index contributed by atoms with van der Waals surface area (Å²) in [6, 6.07) is 11.0. The summed E-state index contributed by atoms with van der Waals surface area (Å²) >= 11 is 0. The Morgan fingerprint density at radius 2 is 1.90 bits per heavy atom. The van der Waals surface area contributed by atoms with Gasteiger partial charge < -0.3 is 39.2 Å². The SMILES string of the molecule is C[C@@H]1CN(C(C)(C)CCC(C#N)C(=O)N2CCCC[C@@H](OC(=O)N[C@@H](Cc3ccccc3)B3OC(=O)CC(CC(=O)O)(C(=O)O)O3)C2)CCO1. The summed E-state index contributed by atoms with van der Waals surface area (Å²) < 4.78 is 22.4. The molecule has 0 bridgehead atoms. The number of nitriles is 1. The molecule has 3 heterocycles. The fourth-order valence-electron chi connectivity index (χ4n) is 6.71. The number of hydrogen-bond donors (Lipinski definition) is 3. The van der Waals surface area contributed by atoms with Gasteiger partial charge in [0, 0.05) is 25.2 Å². The van der Waals surface area contributed by atoms with E-state index in [4.69, 9.17) is 18.8 Å². The van der Waals surface area contributed by atoms with E-state index in [0.29, 0.717) is 50.8 Å². The van der Waals surface area contributed by atoms with Crippen molar-refractivity contribution in [2.45, 2.75) is 101 Å². The van der Waals surface area contributed by atoms with Crippen LogP contribution in [-0.2, 0) is 44.4 Å². The van der Waals surface area contributed by atoms with Gasteiger partial charge in [-0.05, 0) is 64.9 Å². The molecule has 3 saturated heterocycles. The average molecular weight is 699 g/mol. The van der Waals surface area contributed by atoms with Gasteiger partial charge in [-0.1, -0.05) is 30.3 Å². The van der Waals surface area contributed by atoms with Crippen molar-refractivity contribution in [3.05, 3.63) is 35.9 Å². The molecule has 0 aliphatic carbocycles. The lowest BCUT2D eigenvalue weighted by atomic mass is 9.71. The van der Waals surface area contributed by atoms with Crippen molar-refractivity contribution < 1.29 is 53.0 Å². The molecular weight excluding hydrogens is 651 g/mol. The van der Waals surface area contributed by atoms with E-state index in [9.17, 15) is 39.4 Å². The molecule has 2 amide bonds. The first-order chi connectivity index (χ1) is 23.7. The number of aliphatic carboxylic acids is 2. The monoisotopic (exact) mass is 698 g/mol. The number of likely N-dealkylation sites (tertiary alicyclic amines) is 1. The molecule has 15 nitrogen and oxygen atoms in total. The Hall–Kier alpha value is -4.20.